The van der Waals surface area contributed by atoms with Crippen molar-refractivity contribution in [3.8, 4) is 11.5 Å². The van der Waals surface area contributed by atoms with Crippen molar-refractivity contribution < 1.29 is 24.1 Å². The Balaban J connectivity index is 1.26. The molecule has 8 heteroatoms. The van der Waals surface area contributed by atoms with Gasteiger partial charge in [0.05, 0.1) is 32.0 Å². The van der Waals surface area contributed by atoms with Gasteiger partial charge in [0.15, 0.2) is 6.54 Å². The van der Waals surface area contributed by atoms with Gasteiger partial charge in [0.2, 0.25) is 0 Å². The Labute approximate surface area is 184 Å². The van der Waals surface area contributed by atoms with Crippen molar-refractivity contribution in [2.75, 3.05) is 52.3 Å². The van der Waals surface area contributed by atoms with Gasteiger partial charge < -0.3 is 24.6 Å². The molecule has 0 radical (unpaired) electrons. The Hall–Kier alpha value is -2.58. The number of amides is 1. The Morgan fingerprint density at radius 2 is 1.84 bits per heavy atom. The van der Waals surface area contributed by atoms with E-state index in [1.54, 1.807) is 20.4 Å². The first-order valence-corrected chi connectivity index (χ1v) is 11.4. The van der Waals surface area contributed by atoms with Gasteiger partial charge in [0.1, 0.15) is 50.0 Å². The molecule has 0 bridgehead atoms. The molecule has 31 heavy (non-hydrogen) atoms. The summed E-state index contributed by atoms with van der Waals surface area (Å²) < 4.78 is 12.9. The molecule has 2 heterocycles. The Morgan fingerprint density at radius 3 is 2.55 bits per heavy atom. The van der Waals surface area contributed by atoms with Gasteiger partial charge in [-0.25, -0.2) is 4.68 Å². The number of rotatable bonds is 8. The number of ether oxygens (including phenoxy) is 2. The number of carbonyl (C=O) groups is 1. The van der Waals surface area contributed by atoms with Gasteiger partial charge in [-0.2, -0.15) is 5.10 Å². The van der Waals surface area contributed by atoms with Gasteiger partial charge in [-0.1, -0.05) is 12.8 Å². The largest absolute Gasteiger partial charge is 0.497 e. The van der Waals surface area contributed by atoms with E-state index in [0.717, 1.165) is 62.9 Å². The van der Waals surface area contributed by atoms with Gasteiger partial charge in [0.25, 0.3) is 5.91 Å². The van der Waals surface area contributed by atoms with Crippen LogP contribution in [0.2, 0.25) is 0 Å². The second-order valence-electron chi connectivity index (χ2n) is 8.68. The van der Waals surface area contributed by atoms with Crippen LogP contribution >= 0.6 is 0 Å². The third-order valence-corrected chi connectivity index (χ3v) is 6.61. The van der Waals surface area contributed by atoms with Crippen LogP contribution in [0.4, 0.5) is 5.82 Å². The average Bonchev–Trinajstić information content (AvgIpc) is 3.47. The number of anilines is 1. The van der Waals surface area contributed by atoms with Crippen molar-refractivity contribution in [2.24, 2.45) is 0 Å². The first kappa shape index (κ1) is 21.6. The summed E-state index contributed by atoms with van der Waals surface area (Å²) in [5, 5.41) is 7.54. The van der Waals surface area contributed by atoms with Gasteiger partial charge in [0, 0.05) is 6.07 Å². The molecule has 0 spiro atoms. The first-order valence-electron chi connectivity index (χ1n) is 11.4. The zero-order valence-corrected chi connectivity index (χ0v) is 18.7. The van der Waals surface area contributed by atoms with E-state index in [1.165, 1.54) is 28.2 Å². The number of benzene rings is 1. The molecule has 1 saturated heterocycles. The molecule has 0 atom stereocenters. The first-order chi connectivity index (χ1) is 15.2. The van der Waals surface area contributed by atoms with Crippen LogP contribution in [0.3, 0.4) is 0 Å². The fraction of sp³-hybridized carbons (Fsp3) is 0.565. The van der Waals surface area contributed by atoms with Gasteiger partial charge in [-0.15, -0.1) is 0 Å². The molecule has 4 rings (SSSR count). The molecule has 2 aromatic rings. The summed E-state index contributed by atoms with van der Waals surface area (Å²) in [6.45, 7) is 5.44. The van der Waals surface area contributed by atoms with Crippen molar-refractivity contribution in [3.05, 3.63) is 36.0 Å². The lowest BCUT2D eigenvalue weighted by molar-refractivity contribution is -1.02. The summed E-state index contributed by atoms with van der Waals surface area (Å²) in [6.07, 6.45) is 6.58. The maximum atomic E-state index is 12.7. The van der Waals surface area contributed by atoms with E-state index in [2.05, 4.69) is 16.5 Å². The second-order valence-corrected chi connectivity index (χ2v) is 8.68. The van der Waals surface area contributed by atoms with E-state index in [1.807, 2.05) is 22.9 Å². The minimum atomic E-state index is 0.0765. The lowest BCUT2D eigenvalue weighted by Gasteiger charge is -2.29. The highest BCUT2D eigenvalue weighted by Gasteiger charge is 2.27. The predicted molar refractivity (Wildman–Crippen MR) is 118 cm³/mol. The van der Waals surface area contributed by atoms with Crippen LogP contribution in [-0.2, 0) is 11.3 Å². The van der Waals surface area contributed by atoms with Crippen molar-refractivity contribution in [2.45, 2.75) is 38.3 Å². The molecule has 1 amide bonds. The molecule has 1 aliphatic carbocycles. The van der Waals surface area contributed by atoms with Crippen LogP contribution in [-0.4, -0.2) is 62.6 Å². The van der Waals surface area contributed by atoms with Gasteiger partial charge in [-0.05, 0) is 31.0 Å². The summed E-state index contributed by atoms with van der Waals surface area (Å²) in [6, 6.07) is 8.30. The maximum Gasteiger partial charge on any atom is 0.280 e. The number of nitrogens with zero attached hydrogens (tertiary/aromatic N) is 2. The van der Waals surface area contributed by atoms with E-state index in [0.29, 0.717) is 12.6 Å². The topological polar surface area (TPSA) is 74.3 Å². The second kappa shape index (κ2) is 10.2. The molecule has 8 nitrogen and oxygen atoms in total. The number of methoxy groups -OCH3 is 2. The smallest absolute Gasteiger partial charge is 0.280 e. The molecule has 2 aliphatic rings. The maximum absolute atomic E-state index is 12.7. The fourth-order valence-corrected chi connectivity index (χ4v) is 4.87. The van der Waals surface area contributed by atoms with Gasteiger partial charge >= 0.3 is 0 Å². The lowest BCUT2D eigenvalue weighted by Crippen LogP contribution is -3.28. The third-order valence-electron chi connectivity index (χ3n) is 6.61. The normalized spacial score (nSPS) is 21.7. The van der Waals surface area contributed by atoms with Crippen LogP contribution in [0.5, 0.6) is 11.5 Å². The fourth-order valence-electron chi connectivity index (χ4n) is 4.87. The van der Waals surface area contributed by atoms with Crippen LogP contribution in [0, 0.1) is 0 Å². The van der Waals surface area contributed by atoms with Crippen LogP contribution < -0.4 is 24.6 Å². The predicted octanol–water partition coefficient (Wildman–Crippen LogP) is -0.0625. The number of aromatic nitrogens is 2. The standard InChI is InChI=1S/C23H33N5O3/c1-30-20-7-8-21(31-2)18(15-20)16-26-11-13-27(14-12-26)17-23(29)25-22-9-10-24-28(22)19-5-3-4-6-19/h7-10,15,19H,3-6,11-14,16-17H2,1-2H3,(H,25,29)/p+2. The van der Waals surface area contributed by atoms with Crippen molar-refractivity contribution in [3.63, 3.8) is 0 Å². The zero-order chi connectivity index (χ0) is 21.6. The number of nitrogens with one attached hydrogen (secondary N) is 3. The molecule has 1 saturated carbocycles. The summed E-state index contributed by atoms with van der Waals surface area (Å²) in [4.78, 5) is 15.5. The molecular weight excluding hydrogens is 394 g/mol. The highest BCUT2D eigenvalue weighted by atomic mass is 16.5. The quantitative estimate of drug-likeness (QED) is 0.550. The molecule has 3 N–H and O–H groups in total. The monoisotopic (exact) mass is 429 g/mol. The minimum absolute atomic E-state index is 0.0765. The highest BCUT2D eigenvalue weighted by molar-refractivity contribution is 5.90. The molecule has 1 aliphatic heterocycles. The minimum Gasteiger partial charge on any atom is -0.497 e. The third kappa shape index (κ3) is 5.37. The highest BCUT2D eigenvalue weighted by Crippen LogP contribution is 2.31. The molecule has 168 valence electrons. The number of hydrogen-bond acceptors (Lipinski definition) is 4. The van der Waals surface area contributed by atoms with E-state index in [9.17, 15) is 4.79 Å². The van der Waals surface area contributed by atoms with E-state index >= 15 is 0 Å². The van der Waals surface area contributed by atoms with Crippen molar-refractivity contribution >= 4 is 11.7 Å². The Morgan fingerprint density at radius 1 is 1.10 bits per heavy atom. The van der Waals surface area contributed by atoms with Crippen LogP contribution in [0.1, 0.15) is 37.3 Å². The zero-order valence-electron chi connectivity index (χ0n) is 18.7. The van der Waals surface area contributed by atoms with Crippen LogP contribution in [0.15, 0.2) is 30.5 Å². The van der Waals surface area contributed by atoms with E-state index in [4.69, 9.17) is 9.47 Å². The summed E-state index contributed by atoms with van der Waals surface area (Å²) in [7, 11) is 3.40. The average molecular weight is 430 g/mol. The lowest BCUT2D eigenvalue weighted by atomic mass is 10.1. The number of quaternary nitrogens is 2. The number of piperazine rings is 1. The molecular formula is C23H35N5O3+2. The molecule has 0 unspecified atom stereocenters. The van der Waals surface area contributed by atoms with Gasteiger partial charge in [-0.3, -0.25) is 4.79 Å². The summed E-state index contributed by atoms with van der Waals surface area (Å²) in [5.74, 6) is 2.67. The Bertz CT molecular complexity index is 870. The molecule has 1 aromatic carbocycles. The van der Waals surface area contributed by atoms with Crippen LogP contribution in [0.25, 0.3) is 0 Å². The Kier molecular flexibility index (Phi) is 7.09. The van der Waals surface area contributed by atoms with Crippen molar-refractivity contribution in [1.29, 1.82) is 0 Å². The summed E-state index contributed by atoms with van der Waals surface area (Å²) >= 11 is 0. The van der Waals surface area contributed by atoms with Crippen molar-refractivity contribution in [1.82, 2.24) is 9.78 Å². The number of hydrogen-bond donors (Lipinski definition) is 3. The van der Waals surface area contributed by atoms with E-state index < -0.39 is 0 Å². The van der Waals surface area contributed by atoms with E-state index in [-0.39, 0.29) is 5.91 Å². The SMILES string of the molecule is COc1ccc(OC)c(C[NH+]2CC[NH+](CC(=O)Nc3ccnn3C3CCCC3)CC2)c1. The summed E-state index contributed by atoms with van der Waals surface area (Å²) in [5.41, 5.74) is 1.17. The molecule has 1 aromatic heterocycles. The molecule has 2 fully saturated rings. The number of carbonyl (C=O) groups excluding carboxylic acids is 1.